The number of carbonyl (C=O) groups excluding carboxylic acids is 1. The summed E-state index contributed by atoms with van der Waals surface area (Å²) in [5.41, 5.74) is 2.67. The minimum Gasteiger partial charge on any atom is -0.340 e. The maximum Gasteiger partial charge on any atom is 0.243 e. The van der Waals surface area contributed by atoms with Gasteiger partial charge in [0.1, 0.15) is 0 Å². The third-order valence-corrected chi connectivity index (χ3v) is 7.31. The molecule has 0 spiro atoms. The van der Waals surface area contributed by atoms with E-state index >= 15 is 0 Å². The molecule has 1 fully saturated rings. The molecule has 0 radical (unpaired) electrons. The average molecular weight is 432 g/mol. The molecular weight excluding hydrogens is 398 g/mol. The molecule has 1 aliphatic heterocycles. The minimum atomic E-state index is -3.57. The Morgan fingerprint density at radius 1 is 1.07 bits per heavy atom. The van der Waals surface area contributed by atoms with Crippen LogP contribution in [-0.4, -0.2) is 63.3 Å². The van der Waals surface area contributed by atoms with Crippen molar-refractivity contribution in [3.63, 3.8) is 0 Å². The van der Waals surface area contributed by atoms with E-state index in [9.17, 15) is 13.2 Å². The van der Waals surface area contributed by atoms with Crippen LogP contribution >= 0.6 is 12.4 Å². The Hall–Kier alpha value is -1.15. The van der Waals surface area contributed by atoms with Crippen molar-refractivity contribution in [3.05, 3.63) is 28.8 Å². The molecule has 1 amide bonds. The molecule has 0 aromatic heterocycles. The van der Waals surface area contributed by atoms with Gasteiger partial charge in [-0.05, 0) is 43.0 Å². The van der Waals surface area contributed by atoms with E-state index in [1.54, 1.807) is 4.90 Å². The smallest absolute Gasteiger partial charge is 0.243 e. The molecule has 160 valence electrons. The number of sulfonamides is 1. The van der Waals surface area contributed by atoms with Gasteiger partial charge in [-0.15, -0.1) is 12.4 Å². The van der Waals surface area contributed by atoms with E-state index in [-0.39, 0.29) is 23.7 Å². The van der Waals surface area contributed by atoms with Crippen molar-refractivity contribution in [1.29, 1.82) is 0 Å². The van der Waals surface area contributed by atoms with Crippen LogP contribution in [0, 0.1) is 13.8 Å². The number of carbonyl (C=O) groups is 1. The van der Waals surface area contributed by atoms with Crippen LogP contribution in [0.3, 0.4) is 0 Å². The summed E-state index contributed by atoms with van der Waals surface area (Å²) >= 11 is 0. The summed E-state index contributed by atoms with van der Waals surface area (Å²) in [5.74, 6) is 0.0725. The molecule has 1 heterocycles. The van der Waals surface area contributed by atoms with E-state index in [1.165, 1.54) is 4.31 Å². The summed E-state index contributed by atoms with van der Waals surface area (Å²) < 4.78 is 28.0. The second kappa shape index (κ2) is 9.57. The number of hydrogen-bond donors (Lipinski definition) is 1. The van der Waals surface area contributed by atoms with Gasteiger partial charge >= 0.3 is 0 Å². The standard InChI is InChI=1S/C20H33N3O3S.ClH/c1-15-13-17(20(3,4)5)14-16(2)19(15)27(25,26)23-11-9-22(10-12-23)18(24)7-8-21-6;/h13-14,21H,7-12H2,1-6H3;1H. The topological polar surface area (TPSA) is 69.7 Å². The third-order valence-electron chi connectivity index (χ3n) is 5.10. The van der Waals surface area contributed by atoms with Crippen LogP contribution in [0.15, 0.2) is 17.0 Å². The highest BCUT2D eigenvalue weighted by Crippen LogP contribution is 2.31. The Bertz CT molecular complexity index is 772. The average Bonchev–Trinajstić information content (AvgIpc) is 2.58. The van der Waals surface area contributed by atoms with Crippen LogP contribution in [0.4, 0.5) is 0 Å². The van der Waals surface area contributed by atoms with Crippen LogP contribution in [-0.2, 0) is 20.2 Å². The Labute approximate surface area is 176 Å². The monoisotopic (exact) mass is 431 g/mol. The fraction of sp³-hybridized carbons (Fsp3) is 0.650. The molecule has 28 heavy (non-hydrogen) atoms. The summed E-state index contributed by atoms with van der Waals surface area (Å²) in [7, 11) is -1.76. The number of nitrogens with zero attached hydrogens (tertiary/aromatic N) is 2. The van der Waals surface area contributed by atoms with Crippen molar-refractivity contribution in [2.24, 2.45) is 0 Å². The van der Waals surface area contributed by atoms with Gasteiger partial charge in [-0.2, -0.15) is 4.31 Å². The lowest BCUT2D eigenvalue weighted by Gasteiger charge is -2.35. The summed E-state index contributed by atoms with van der Waals surface area (Å²) in [6, 6.07) is 3.97. The zero-order chi connectivity index (χ0) is 20.4. The number of hydrogen-bond acceptors (Lipinski definition) is 4. The van der Waals surface area contributed by atoms with Crippen molar-refractivity contribution in [3.8, 4) is 0 Å². The normalized spacial score (nSPS) is 16.0. The van der Waals surface area contributed by atoms with Crippen LogP contribution in [0.25, 0.3) is 0 Å². The van der Waals surface area contributed by atoms with Crippen LogP contribution in [0.1, 0.15) is 43.9 Å². The Morgan fingerprint density at radius 2 is 1.57 bits per heavy atom. The second-order valence-corrected chi connectivity index (χ2v) is 10.2. The van der Waals surface area contributed by atoms with Gasteiger partial charge in [0.25, 0.3) is 0 Å². The first-order valence-electron chi connectivity index (χ1n) is 9.52. The molecular formula is C20H34ClN3O3S. The lowest BCUT2D eigenvalue weighted by Crippen LogP contribution is -2.51. The highest BCUT2D eigenvalue weighted by molar-refractivity contribution is 7.89. The molecule has 0 saturated carbocycles. The predicted octanol–water partition coefficient (Wildman–Crippen LogP) is 2.47. The summed E-state index contributed by atoms with van der Waals surface area (Å²) in [4.78, 5) is 14.3. The van der Waals surface area contributed by atoms with Gasteiger partial charge in [-0.1, -0.05) is 32.9 Å². The van der Waals surface area contributed by atoms with Gasteiger partial charge < -0.3 is 10.2 Å². The van der Waals surface area contributed by atoms with Crippen molar-refractivity contribution in [2.75, 3.05) is 39.8 Å². The maximum atomic E-state index is 13.3. The summed E-state index contributed by atoms with van der Waals surface area (Å²) in [5, 5.41) is 2.97. The fourth-order valence-electron chi connectivity index (χ4n) is 3.49. The first-order valence-corrected chi connectivity index (χ1v) is 11.0. The highest BCUT2D eigenvalue weighted by atomic mass is 35.5. The van der Waals surface area contributed by atoms with E-state index in [4.69, 9.17) is 0 Å². The number of benzene rings is 1. The van der Waals surface area contributed by atoms with E-state index in [1.807, 2.05) is 33.0 Å². The van der Waals surface area contributed by atoms with E-state index in [0.29, 0.717) is 44.0 Å². The SMILES string of the molecule is CNCCC(=O)N1CCN(S(=O)(=O)c2c(C)cc(C(C)(C)C)cc2C)CC1.Cl. The fourth-order valence-corrected chi connectivity index (χ4v) is 5.32. The van der Waals surface area contributed by atoms with E-state index < -0.39 is 10.0 Å². The number of amides is 1. The first-order chi connectivity index (χ1) is 12.5. The largest absolute Gasteiger partial charge is 0.340 e. The molecule has 0 atom stereocenters. The molecule has 8 heteroatoms. The Morgan fingerprint density at radius 3 is 2.00 bits per heavy atom. The summed E-state index contributed by atoms with van der Waals surface area (Å²) in [6.45, 7) is 12.3. The van der Waals surface area contributed by atoms with Crippen LogP contribution in [0.5, 0.6) is 0 Å². The molecule has 1 aromatic rings. The van der Waals surface area contributed by atoms with E-state index in [0.717, 1.165) is 16.7 Å². The number of rotatable bonds is 5. The van der Waals surface area contributed by atoms with Gasteiger partial charge in [0, 0.05) is 39.1 Å². The number of piperazine rings is 1. The van der Waals surface area contributed by atoms with Gasteiger partial charge in [-0.25, -0.2) is 8.42 Å². The lowest BCUT2D eigenvalue weighted by atomic mass is 9.85. The Balaban J connectivity index is 0.00000392. The molecule has 1 saturated heterocycles. The van der Waals surface area contributed by atoms with Gasteiger partial charge in [0.15, 0.2) is 0 Å². The summed E-state index contributed by atoms with van der Waals surface area (Å²) in [6.07, 6.45) is 0.440. The zero-order valence-corrected chi connectivity index (χ0v) is 19.5. The zero-order valence-electron chi connectivity index (χ0n) is 17.8. The molecule has 0 unspecified atom stereocenters. The van der Waals surface area contributed by atoms with Crippen molar-refractivity contribution >= 4 is 28.3 Å². The Kier molecular flexibility index (Phi) is 8.50. The van der Waals surface area contributed by atoms with Crippen molar-refractivity contribution in [2.45, 2.75) is 51.3 Å². The number of aryl methyl sites for hydroxylation is 2. The lowest BCUT2D eigenvalue weighted by molar-refractivity contribution is -0.132. The number of nitrogens with one attached hydrogen (secondary N) is 1. The second-order valence-electron chi connectivity index (χ2n) is 8.33. The minimum absolute atomic E-state index is 0. The van der Waals surface area contributed by atoms with Gasteiger partial charge in [0.2, 0.25) is 15.9 Å². The van der Waals surface area contributed by atoms with Crippen molar-refractivity contribution in [1.82, 2.24) is 14.5 Å². The van der Waals surface area contributed by atoms with Gasteiger partial charge in [0.05, 0.1) is 4.90 Å². The molecule has 1 N–H and O–H groups in total. The predicted molar refractivity (Wildman–Crippen MR) is 116 cm³/mol. The van der Waals surface area contributed by atoms with Gasteiger partial charge in [-0.3, -0.25) is 4.79 Å². The molecule has 1 aromatic carbocycles. The van der Waals surface area contributed by atoms with Crippen molar-refractivity contribution < 1.29 is 13.2 Å². The van der Waals surface area contributed by atoms with E-state index in [2.05, 4.69) is 26.1 Å². The molecule has 1 aliphatic rings. The molecule has 0 bridgehead atoms. The first kappa shape index (κ1) is 24.9. The van der Waals surface area contributed by atoms with Crippen LogP contribution < -0.4 is 5.32 Å². The van der Waals surface area contributed by atoms with Crippen LogP contribution in [0.2, 0.25) is 0 Å². The third kappa shape index (κ3) is 5.47. The quantitative estimate of drug-likeness (QED) is 0.777. The molecule has 0 aliphatic carbocycles. The highest BCUT2D eigenvalue weighted by Gasteiger charge is 2.32. The molecule has 2 rings (SSSR count). The molecule has 6 nitrogen and oxygen atoms in total. The number of halogens is 1. The maximum absolute atomic E-state index is 13.3.